The van der Waals surface area contributed by atoms with Crippen molar-refractivity contribution < 1.29 is 9.53 Å². The number of ether oxygens (including phenoxy) is 1. The Bertz CT molecular complexity index is 438. The fourth-order valence-electron chi connectivity index (χ4n) is 1.74. The standard InChI is InChI=1S/C16H26N2O2.ClH/c1-5-12(4)15(17)16(19)18-14-8-6-7-13(9-14)10-20-11(2)3;/h6-9,11-12,15H,5,10,17H2,1-4H3,(H,18,19);1H. The summed E-state index contributed by atoms with van der Waals surface area (Å²) in [5, 5.41) is 2.87. The van der Waals surface area contributed by atoms with Crippen molar-refractivity contribution in [1.82, 2.24) is 0 Å². The summed E-state index contributed by atoms with van der Waals surface area (Å²) >= 11 is 0. The molecule has 0 saturated heterocycles. The lowest BCUT2D eigenvalue weighted by Crippen LogP contribution is -2.40. The van der Waals surface area contributed by atoms with E-state index in [0.717, 1.165) is 17.7 Å². The molecule has 0 spiro atoms. The van der Waals surface area contributed by atoms with E-state index < -0.39 is 6.04 Å². The Morgan fingerprint density at radius 1 is 1.33 bits per heavy atom. The summed E-state index contributed by atoms with van der Waals surface area (Å²) in [6.07, 6.45) is 1.07. The first-order valence-electron chi connectivity index (χ1n) is 7.21. The molecule has 0 saturated carbocycles. The maximum absolute atomic E-state index is 12.0. The van der Waals surface area contributed by atoms with E-state index >= 15 is 0 Å². The van der Waals surface area contributed by atoms with E-state index in [1.54, 1.807) is 0 Å². The van der Waals surface area contributed by atoms with Crippen molar-refractivity contribution in [2.45, 2.75) is 52.9 Å². The number of amides is 1. The van der Waals surface area contributed by atoms with E-state index in [-0.39, 0.29) is 30.3 Å². The van der Waals surface area contributed by atoms with Gasteiger partial charge in [-0.3, -0.25) is 4.79 Å². The van der Waals surface area contributed by atoms with Crippen LogP contribution in [0.5, 0.6) is 0 Å². The minimum atomic E-state index is -0.476. The van der Waals surface area contributed by atoms with Gasteiger partial charge < -0.3 is 15.8 Å². The molecular formula is C16H27ClN2O2. The molecule has 0 aliphatic heterocycles. The Balaban J connectivity index is 0.00000400. The first-order valence-corrected chi connectivity index (χ1v) is 7.21. The molecular weight excluding hydrogens is 288 g/mol. The molecule has 0 radical (unpaired) electrons. The van der Waals surface area contributed by atoms with Crippen molar-refractivity contribution in [3.05, 3.63) is 29.8 Å². The van der Waals surface area contributed by atoms with Gasteiger partial charge in [0.25, 0.3) is 0 Å². The Labute approximate surface area is 133 Å². The normalized spacial score (nSPS) is 13.4. The molecule has 5 heteroatoms. The van der Waals surface area contributed by atoms with Crippen molar-refractivity contribution in [2.75, 3.05) is 5.32 Å². The highest BCUT2D eigenvalue weighted by molar-refractivity contribution is 5.94. The Hall–Kier alpha value is -1.10. The average Bonchev–Trinajstić information content (AvgIpc) is 2.43. The predicted octanol–water partition coefficient (Wildman–Crippen LogP) is 3.35. The second kappa shape index (κ2) is 9.77. The summed E-state index contributed by atoms with van der Waals surface area (Å²) in [6.45, 7) is 8.55. The minimum absolute atomic E-state index is 0. The zero-order valence-electron chi connectivity index (χ0n) is 13.3. The van der Waals surface area contributed by atoms with Gasteiger partial charge in [-0.05, 0) is 37.5 Å². The zero-order chi connectivity index (χ0) is 15.1. The Morgan fingerprint density at radius 2 is 2.00 bits per heavy atom. The molecule has 1 rings (SSSR count). The molecule has 0 fully saturated rings. The number of hydrogen-bond donors (Lipinski definition) is 2. The fourth-order valence-corrected chi connectivity index (χ4v) is 1.74. The second-order valence-electron chi connectivity index (χ2n) is 5.46. The van der Waals surface area contributed by atoms with Crippen LogP contribution in [0, 0.1) is 5.92 Å². The third-order valence-electron chi connectivity index (χ3n) is 3.34. The summed E-state index contributed by atoms with van der Waals surface area (Å²) in [5.74, 6) is 0.0312. The molecule has 0 aromatic heterocycles. The lowest BCUT2D eigenvalue weighted by molar-refractivity contribution is -0.118. The third kappa shape index (κ3) is 6.93. The van der Waals surface area contributed by atoms with Crippen LogP contribution < -0.4 is 11.1 Å². The van der Waals surface area contributed by atoms with E-state index in [1.165, 1.54) is 0 Å². The van der Waals surface area contributed by atoms with Crippen LogP contribution in [0.25, 0.3) is 0 Å². The number of nitrogens with two attached hydrogens (primary N) is 1. The van der Waals surface area contributed by atoms with Gasteiger partial charge in [-0.25, -0.2) is 0 Å². The highest BCUT2D eigenvalue weighted by atomic mass is 35.5. The third-order valence-corrected chi connectivity index (χ3v) is 3.34. The van der Waals surface area contributed by atoms with Gasteiger partial charge in [0.2, 0.25) is 5.91 Å². The van der Waals surface area contributed by atoms with Crippen LogP contribution in [0.4, 0.5) is 5.69 Å². The van der Waals surface area contributed by atoms with Gasteiger partial charge in [0.15, 0.2) is 0 Å². The van der Waals surface area contributed by atoms with Crippen LogP contribution >= 0.6 is 12.4 Å². The number of carbonyl (C=O) groups excluding carboxylic acids is 1. The van der Waals surface area contributed by atoms with Crippen LogP contribution in [0.3, 0.4) is 0 Å². The summed E-state index contributed by atoms with van der Waals surface area (Å²) in [6, 6.07) is 7.19. The maximum atomic E-state index is 12.0. The molecule has 1 aromatic rings. The number of anilines is 1. The number of rotatable bonds is 7. The molecule has 2 atom stereocenters. The lowest BCUT2D eigenvalue weighted by atomic mass is 9.99. The number of hydrogen-bond acceptors (Lipinski definition) is 3. The minimum Gasteiger partial charge on any atom is -0.374 e. The molecule has 1 amide bonds. The molecule has 0 bridgehead atoms. The highest BCUT2D eigenvalue weighted by Crippen LogP contribution is 2.14. The highest BCUT2D eigenvalue weighted by Gasteiger charge is 2.19. The van der Waals surface area contributed by atoms with Gasteiger partial charge in [-0.15, -0.1) is 12.4 Å². The topological polar surface area (TPSA) is 64.4 Å². The van der Waals surface area contributed by atoms with E-state index in [1.807, 2.05) is 52.0 Å². The fraction of sp³-hybridized carbons (Fsp3) is 0.562. The molecule has 1 aromatic carbocycles. The van der Waals surface area contributed by atoms with Crippen molar-refractivity contribution >= 4 is 24.0 Å². The Kier molecular flexibility index (Phi) is 9.26. The average molecular weight is 315 g/mol. The van der Waals surface area contributed by atoms with Gasteiger partial charge >= 0.3 is 0 Å². The van der Waals surface area contributed by atoms with Crippen LogP contribution in [0.2, 0.25) is 0 Å². The van der Waals surface area contributed by atoms with Gasteiger partial charge in [0, 0.05) is 5.69 Å². The second-order valence-corrected chi connectivity index (χ2v) is 5.46. The molecule has 4 nitrogen and oxygen atoms in total. The largest absolute Gasteiger partial charge is 0.374 e. The first-order chi connectivity index (χ1) is 9.43. The molecule has 3 N–H and O–H groups in total. The Morgan fingerprint density at radius 3 is 2.57 bits per heavy atom. The number of nitrogens with one attached hydrogen (secondary N) is 1. The predicted molar refractivity (Wildman–Crippen MR) is 89.7 cm³/mol. The van der Waals surface area contributed by atoms with Crippen LogP contribution in [0.15, 0.2) is 24.3 Å². The lowest BCUT2D eigenvalue weighted by Gasteiger charge is -2.18. The number of halogens is 1. The first kappa shape index (κ1) is 19.9. The molecule has 0 aliphatic rings. The van der Waals surface area contributed by atoms with Crippen molar-refractivity contribution in [3.8, 4) is 0 Å². The van der Waals surface area contributed by atoms with Gasteiger partial charge in [-0.2, -0.15) is 0 Å². The molecule has 0 heterocycles. The molecule has 21 heavy (non-hydrogen) atoms. The number of carbonyl (C=O) groups is 1. The van der Waals surface area contributed by atoms with Crippen molar-refractivity contribution in [2.24, 2.45) is 11.7 Å². The monoisotopic (exact) mass is 314 g/mol. The maximum Gasteiger partial charge on any atom is 0.241 e. The van der Waals surface area contributed by atoms with Gasteiger partial charge in [0.1, 0.15) is 0 Å². The zero-order valence-corrected chi connectivity index (χ0v) is 14.1. The summed E-state index contributed by atoms with van der Waals surface area (Å²) in [5.41, 5.74) is 7.72. The number of benzene rings is 1. The van der Waals surface area contributed by atoms with Crippen LogP contribution in [0.1, 0.15) is 39.7 Å². The summed E-state index contributed by atoms with van der Waals surface area (Å²) in [7, 11) is 0. The van der Waals surface area contributed by atoms with Crippen LogP contribution in [-0.2, 0) is 16.1 Å². The SMILES string of the molecule is CCC(C)C(N)C(=O)Nc1cccc(COC(C)C)c1.Cl. The molecule has 120 valence electrons. The van der Waals surface area contributed by atoms with E-state index in [0.29, 0.717) is 6.61 Å². The smallest absolute Gasteiger partial charge is 0.241 e. The van der Waals surface area contributed by atoms with Crippen molar-refractivity contribution in [1.29, 1.82) is 0 Å². The van der Waals surface area contributed by atoms with E-state index in [9.17, 15) is 4.79 Å². The quantitative estimate of drug-likeness (QED) is 0.811. The van der Waals surface area contributed by atoms with E-state index in [4.69, 9.17) is 10.5 Å². The van der Waals surface area contributed by atoms with E-state index in [2.05, 4.69) is 5.32 Å². The van der Waals surface area contributed by atoms with Crippen LogP contribution in [-0.4, -0.2) is 18.1 Å². The van der Waals surface area contributed by atoms with Gasteiger partial charge in [-0.1, -0.05) is 32.4 Å². The molecule has 2 unspecified atom stereocenters. The molecule has 0 aliphatic carbocycles. The van der Waals surface area contributed by atoms with Crippen molar-refractivity contribution in [3.63, 3.8) is 0 Å². The summed E-state index contributed by atoms with van der Waals surface area (Å²) in [4.78, 5) is 12.0. The van der Waals surface area contributed by atoms with Gasteiger partial charge in [0.05, 0.1) is 18.8 Å². The summed E-state index contributed by atoms with van der Waals surface area (Å²) < 4.78 is 5.55.